The van der Waals surface area contributed by atoms with Gasteiger partial charge in [0.2, 0.25) is 0 Å². The third-order valence-electron chi connectivity index (χ3n) is 4.18. The van der Waals surface area contributed by atoms with Gasteiger partial charge in [0.1, 0.15) is 11.5 Å². The number of hydrogen-bond donors (Lipinski definition) is 1. The van der Waals surface area contributed by atoms with Gasteiger partial charge < -0.3 is 19.6 Å². The Bertz CT molecular complexity index is 743. The molecule has 1 N–H and O–H groups in total. The lowest BCUT2D eigenvalue weighted by molar-refractivity contribution is 0.0747. The predicted molar refractivity (Wildman–Crippen MR) is 94.2 cm³/mol. The van der Waals surface area contributed by atoms with E-state index in [9.17, 15) is 9.90 Å². The number of amides is 1. The lowest BCUT2D eigenvalue weighted by atomic mass is 10.1. The largest absolute Gasteiger partial charge is 0.506 e. The summed E-state index contributed by atoms with van der Waals surface area (Å²) in [4.78, 5) is 16.6. The minimum Gasteiger partial charge on any atom is -0.506 e. The van der Waals surface area contributed by atoms with E-state index in [0.29, 0.717) is 18.7 Å². The van der Waals surface area contributed by atoms with Crippen LogP contribution in [0.2, 0.25) is 5.02 Å². The molecule has 6 heteroatoms. The number of hydrogen-bond acceptors (Lipinski definition) is 4. The molecule has 5 nitrogen and oxygen atoms in total. The van der Waals surface area contributed by atoms with Crippen LogP contribution in [0, 0.1) is 0 Å². The molecule has 1 saturated heterocycles. The van der Waals surface area contributed by atoms with E-state index in [2.05, 4.69) is 4.90 Å². The number of ether oxygens (including phenoxy) is 1. The molecular weight excluding hydrogens is 328 g/mol. The molecule has 0 unspecified atom stereocenters. The first kappa shape index (κ1) is 16.5. The summed E-state index contributed by atoms with van der Waals surface area (Å²) in [6.07, 6.45) is 0. The standard InChI is InChI=1S/C18H19ClN2O3/c1-24-15-4-2-3-14(12-15)20-7-9-21(10-8-20)18(23)13-5-6-17(22)16(19)11-13/h2-6,11-12,22H,7-10H2,1H3. The van der Waals surface area contributed by atoms with Gasteiger partial charge in [-0.05, 0) is 30.3 Å². The van der Waals surface area contributed by atoms with Crippen molar-refractivity contribution in [2.45, 2.75) is 0 Å². The molecule has 0 atom stereocenters. The minimum absolute atomic E-state index is 0.0175. The summed E-state index contributed by atoms with van der Waals surface area (Å²) in [5.41, 5.74) is 1.58. The fourth-order valence-corrected chi connectivity index (χ4v) is 2.98. The second-order valence-electron chi connectivity index (χ2n) is 5.65. The highest BCUT2D eigenvalue weighted by Crippen LogP contribution is 2.25. The molecule has 2 aromatic carbocycles. The Hall–Kier alpha value is -2.40. The van der Waals surface area contributed by atoms with E-state index in [1.807, 2.05) is 24.3 Å². The van der Waals surface area contributed by atoms with Gasteiger partial charge in [-0.25, -0.2) is 0 Å². The molecule has 1 aliphatic heterocycles. The van der Waals surface area contributed by atoms with E-state index < -0.39 is 0 Å². The number of carbonyl (C=O) groups excluding carboxylic acids is 1. The van der Waals surface area contributed by atoms with Crippen molar-refractivity contribution in [1.29, 1.82) is 0 Å². The number of aromatic hydroxyl groups is 1. The van der Waals surface area contributed by atoms with Crippen LogP contribution >= 0.6 is 11.6 Å². The molecule has 1 fully saturated rings. The van der Waals surface area contributed by atoms with E-state index in [-0.39, 0.29) is 16.7 Å². The Kier molecular flexibility index (Phi) is 4.81. The number of rotatable bonds is 3. The molecule has 24 heavy (non-hydrogen) atoms. The minimum atomic E-state index is -0.0674. The van der Waals surface area contributed by atoms with E-state index in [4.69, 9.17) is 16.3 Å². The number of anilines is 1. The summed E-state index contributed by atoms with van der Waals surface area (Å²) in [5, 5.41) is 9.66. The van der Waals surface area contributed by atoms with E-state index in [1.165, 1.54) is 12.1 Å². The van der Waals surface area contributed by atoms with Gasteiger partial charge >= 0.3 is 0 Å². The van der Waals surface area contributed by atoms with Gasteiger partial charge in [0.15, 0.2) is 0 Å². The second-order valence-corrected chi connectivity index (χ2v) is 6.05. The van der Waals surface area contributed by atoms with Gasteiger partial charge in [0.25, 0.3) is 5.91 Å². The van der Waals surface area contributed by atoms with Crippen molar-refractivity contribution in [2.75, 3.05) is 38.2 Å². The van der Waals surface area contributed by atoms with E-state index in [1.54, 1.807) is 18.1 Å². The number of phenolic OH excluding ortho intramolecular Hbond substituents is 1. The Morgan fingerprint density at radius 3 is 2.54 bits per heavy atom. The maximum atomic E-state index is 12.6. The van der Waals surface area contributed by atoms with Gasteiger partial charge in [0, 0.05) is 43.5 Å². The summed E-state index contributed by atoms with van der Waals surface area (Å²) >= 11 is 5.89. The maximum absolute atomic E-state index is 12.6. The van der Waals surface area contributed by atoms with Gasteiger partial charge in [-0.15, -0.1) is 0 Å². The van der Waals surface area contributed by atoms with Crippen LogP contribution in [0.3, 0.4) is 0 Å². The topological polar surface area (TPSA) is 53.0 Å². The number of nitrogens with zero attached hydrogens (tertiary/aromatic N) is 2. The molecule has 3 rings (SSSR count). The summed E-state index contributed by atoms with van der Waals surface area (Å²) in [6, 6.07) is 12.5. The molecule has 126 valence electrons. The molecule has 0 saturated carbocycles. The third-order valence-corrected chi connectivity index (χ3v) is 4.48. The smallest absolute Gasteiger partial charge is 0.254 e. The fourth-order valence-electron chi connectivity index (χ4n) is 2.80. The average Bonchev–Trinajstić information content (AvgIpc) is 2.63. The van der Waals surface area contributed by atoms with Crippen LogP contribution < -0.4 is 9.64 Å². The van der Waals surface area contributed by atoms with Crippen LogP contribution in [0.4, 0.5) is 5.69 Å². The summed E-state index contributed by atoms with van der Waals surface area (Å²) in [5.74, 6) is 0.739. The molecule has 1 heterocycles. The first-order chi connectivity index (χ1) is 11.6. The van der Waals surface area contributed by atoms with Crippen molar-refractivity contribution in [1.82, 2.24) is 4.90 Å². The first-order valence-electron chi connectivity index (χ1n) is 7.75. The van der Waals surface area contributed by atoms with Crippen LogP contribution in [-0.4, -0.2) is 49.2 Å². The Balaban J connectivity index is 1.65. The molecule has 1 aliphatic rings. The predicted octanol–water partition coefficient (Wildman–Crippen LogP) is 3.02. The molecule has 0 aliphatic carbocycles. The van der Waals surface area contributed by atoms with Crippen LogP contribution in [-0.2, 0) is 0 Å². The zero-order chi connectivity index (χ0) is 17.1. The summed E-state index contributed by atoms with van der Waals surface area (Å²) in [6.45, 7) is 2.78. The van der Waals surface area contributed by atoms with Crippen molar-refractivity contribution >= 4 is 23.2 Å². The van der Waals surface area contributed by atoms with Gasteiger partial charge in [-0.1, -0.05) is 17.7 Å². The van der Waals surface area contributed by atoms with Crippen molar-refractivity contribution < 1.29 is 14.6 Å². The van der Waals surface area contributed by atoms with Crippen LogP contribution in [0.5, 0.6) is 11.5 Å². The Morgan fingerprint density at radius 2 is 1.88 bits per heavy atom. The molecule has 0 radical (unpaired) electrons. The Morgan fingerprint density at radius 1 is 1.12 bits per heavy atom. The molecule has 2 aromatic rings. The van der Waals surface area contributed by atoms with Crippen molar-refractivity contribution in [2.24, 2.45) is 0 Å². The first-order valence-corrected chi connectivity index (χ1v) is 8.13. The van der Waals surface area contributed by atoms with E-state index >= 15 is 0 Å². The molecular formula is C18H19ClN2O3. The Labute approximate surface area is 146 Å². The molecule has 0 spiro atoms. The zero-order valence-corrected chi connectivity index (χ0v) is 14.2. The van der Waals surface area contributed by atoms with Gasteiger partial charge in [-0.2, -0.15) is 0 Å². The average molecular weight is 347 g/mol. The fraction of sp³-hybridized carbons (Fsp3) is 0.278. The quantitative estimate of drug-likeness (QED) is 0.928. The molecule has 1 amide bonds. The van der Waals surface area contributed by atoms with Crippen molar-refractivity contribution in [3.8, 4) is 11.5 Å². The van der Waals surface area contributed by atoms with Crippen LogP contribution in [0.25, 0.3) is 0 Å². The third kappa shape index (κ3) is 3.41. The number of phenols is 1. The van der Waals surface area contributed by atoms with E-state index in [0.717, 1.165) is 24.5 Å². The van der Waals surface area contributed by atoms with Crippen molar-refractivity contribution in [3.63, 3.8) is 0 Å². The number of methoxy groups -OCH3 is 1. The van der Waals surface area contributed by atoms with Crippen molar-refractivity contribution in [3.05, 3.63) is 53.1 Å². The van der Waals surface area contributed by atoms with Crippen LogP contribution in [0.15, 0.2) is 42.5 Å². The highest BCUT2D eigenvalue weighted by atomic mass is 35.5. The van der Waals surface area contributed by atoms with Gasteiger partial charge in [0.05, 0.1) is 12.1 Å². The SMILES string of the molecule is COc1cccc(N2CCN(C(=O)c3ccc(O)c(Cl)c3)CC2)c1. The van der Waals surface area contributed by atoms with Crippen LogP contribution in [0.1, 0.15) is 10.4 Å². The monoisotopic (exact) mass is 346 g/mol. The number of carbonyl (C=O) groups is 1. The summed E-state index contributed by atoms with van der Waals surface area (Å²) in [7, 11) is 1.65. The highest BCUT2D eigenvalue weighted by molar-refractivity contribution is 6.32. The maximum Gasteiger partial charge on any atom is 0.254 e. The normalized spacial score (nSPS) is 14.6. The number of halogens is 1. The highest BCUT2D eigenvalue weighted by Gasteiger charge is 2.23. The molecule has 0 bridgehead atoms. The lowest BCUT2D eigenvalue weighted by Crippen LogP contribution is -2.48. The van der Waals surface area contributed by atoms with Gasteiger partial charge in [-0.3, -0.25) is 4.79 Å². The molecule has 0 aromatic heterocycles. The lowest BCUT2D eigenvalue weighted by Gasteiger charge is -2.36. The summed E-state index contributed by atoms with van der Waals surface area (Å²) < 4.78 is 5.26. The number of piperazine rings is 1. The zero-order valence-electron chi connectivity index (χ0n) is 13.4. The second kappa shape index (κ2) is 7.01. The number of benzene rings is 2.